The van der Waals surface area contributed by atoms with E-state index in [1.807, 2.05) is 68.4 Å². The molecule has 0 fully saturated rings. The molecule has 1 aliphatic carbocycles. The second-order valence-corrected chi connectivity index (χ2v) is 5.62. The number of hydrogen-bond acceptors (Lipinski definition) is 2. The van der Waals surface area contributed by atoms with E-state index in [2.05, 4.69) is 5.43 Å². The molecule has 4 heteroatoms. The molecule has 2 rings (SSSR count). The summed E-state index contributed by atoms with van der Waals surface area (Å²) in [7, 11) is 1.87. The van der Waals surface area contributed by atoms with Crippen LogP contribution in [0.3, 0.4) is 0 Å². The van der Waals surface area contributed by atoms with Gasteiger partial charge in [0.05, 0.1) is 11.4 Å². The fourth-order valence-corrected chi connectivity index (χ4v) is 3.19. The molecule has 0 aromatic heterocycles. The molecule has 1 atom stereocenters. The number of nitrogens with one attached hydrogen (secondary N) is 1. The van der Waals surface area contributed by atoms with Gasteiger partial charge in [0.25, 0.3) is 0 Å². The Morgan fingerprint density at radius 1 is 1.15 bits per heavy atom. The van der Waals surface area contributed by atoms with Crippen LogP contribution in [-0.4, -0.2) is 12.4 Å². The van der Waals surface area contributed by atoms with Gasteiger partial charge in [0.2, 0.25) is 0 Å². The van der Waals surface area contributed by atoms with Crippen LogP contribution in [-0.2, 0) is 0 Å². The summed E-state index contributed by atoms with van der Waals surface area (Å²) < 4.78 is 0. The predicted molar refractivity (Wildman–Crippen MR) is 88.0 cm³/mol. The Kier molecular flexibility index (Phi) is 4.92. The molecular formula is C16H18Cl2N2. The molecule has 0 heterocycles. The van der Waals surface area contributed by atoms with Gasteiger partial charge in [0.15, 0.2) is 0 Å². The molecule has 0 spiro atoms. The number of anilines is 1. The molecule has 1 aromatic carbocycles. The van der Waals surface area contributed by atoms with Gasteiger partial charge < -0.3 is 0 Å². The first-order valence-corrected chi connectivity index (χ1v) is 7.29. The highest BCUT2D eigenvalue weighted by Gasteiger charge is 2.27. The van der Waals surface area contributed by atoms with E-state index in [-0.39, 0.29) is 5.38 Å². The molecule has 1 unspecified atom stereocenters. The largest absolute Gasteiger partial charge is 0.280 e. The fraction of sp³-hybridized carbons (Fsp3) is 0.250. The van der Waals surface area contributed by atoms with Crippen molar-refractivity contribution in [3.63, 3.8) is 0 Å². The summed E-state index contributed by atoms with van der Waals surface area (Å²) in [6, 6.07) is 10.0. The van der Waals surface area contributed by atoms with E-state index in [4.69, 9.17) is 23.2 Å². The third-order valence-corrected chi connectivity index (χ3v) is 3.98. The van der Waals surface area contributed by atoms with Gasteiger partial charge >= 0.3 is 0 Å². The molecule has 1 N–H and O–H groups in total. The van der Waals surface area contributed by atoms with Crippen molar-refractivity contribution < 1.29 is 0 Å². The van der Waals surface area contributed by atoms with E-state index in [1.54, 1.807) is 0 Å². The first-order valence-electron chi connectivity index (χ1n) is 6.48. The number of para-hydroxylation sites is 1. The second kappa shape index (κ2) is 6.49. The number of hydrazine groups is 1. The summed E-state index contributed by atoms with van der Waals surface area (Å²) in [5, 5.41) is 2.41. The monoisotopic (exact) mass is 308 g/mol. The van der Waals surface area contributed by atoms with Gasteiger partial charge in [-0.05, 0) is 43.7 Å². The van der Waals surface area contributed by atoms with Crippen LogP contribution in [0.2, 0.25) is 0 Å². The van der Waals surface area contributed by atoms with Gasteiger partial charge in [0.1, 0.15) is 5.38 Å². The van der Waals surface area contributed by atoms with Gasteiger partial charge in [-0.3, -0.25) is 5.01 Å². The van der Waals surface area contributed by atoms with Crippen molar-refractivity contribution in [2.75, 3.05) is 12.1 Å². The molecule has 0 bridgehead atoms. The molecule has 0 saturated carbocycles. The third-order valence-electron chi connectivity index (χ3n) is 3.21. The van der Waals surface area contributed by atoms with Crippen LogP contribution in [0, 0.1) is 0 Å². The van der Waals surface area contributed by atoms with Crippen LogP contribution in [0.1, 0.15) is 13.8 Å². The smallest absolute Gasteiger partial charge is 0.102 e. The number of nitrogens with zero attached hydrogens (tertiary/aromatic N) is 1. The number of benzene rings is 1. The summed E-state index contributed by atoms with van der Waals surface area (Å²) in [6.45, 7) is 4.05. The fourth-order valence-electron chi connectivity index (χ4n) is 2.27. The van der Waals surface area contributed by atoms with Crippen LogP contribution in [0.4, 0.5) is 5.69 Å². The summed E-state index contributed by atoms with van der Waals surface area (Å²) in [5.41, 5.74) is 7.27. The molecule has 0 amide bonds. The minimum absolute atomic E-state index is 0.273. The highest BCUT2D eigenvalue weighted by molar-refractivity contribution is 6.35. The van der Waals surface area contributed by atoms with Crippen molar-refractivity contribution in [3.05, 3.63) is 64.4 Å². The lowest BCUT2D eigenvalue weighted by Gasteiger charge is -2.32. The van der Waals surface area contributed by atoms with E-state index in [0.717, 1.165) is 22.5 Å². The Balaban J connectivity index is 2.44. The topological polar surface area (TPSA) is 15.3 Å². The molecule has 2 nitrogen and oxygen atoms in total. The van der Waals surface area contributed by atoms with Crippen molar-refractivity contribution in [2.24, 2.45) is 0 Å². The van der Waals surface area contributed by atoms with Crippen molar-refractivity contribution in [1.82, 2.24) is 5.43 Å². The van der Waals surface area contributed by atoms with Gasteiger partial charge in [-0.25, -0.2) is 5.43 Å². The zero-order chi connectivity index (χ0) is 14.7. The Morgan fingerprint density at radius 2 is 1.80 bits per heavy atom. The minimum atomic E-state index is -0.273. The molecule has 106 valence electrons. The minimum Gasteiger partial charge on any atom is -0.280 e. The van der Waals surface area contributed by atoms with Crippen LogP contribution < -0.4 is 10.4 Å². The Hall–Kier alpha value is -1.22. The van der Waals surface area contributed by atoms with E-state index in [1.165, 1.54) is 0 Å². The Bertz CT molecular complexity index is 569. The zero-order valence-electron chi connectivity index (χ0n) is 11.8. The van der Waals surface area contributed by atoms with Crippen molar-refractivity contribution in [2.45, 2.75) is 19.2 Å². The van der Waals surface area contributed by atoms with E-state index >= 15 is 0 Å². The van der Waals surface area contributed by atoms with E-state index < -0.39 is 0 Å². The van der Waals surface area contributed by atoms with Crippen molar-refractivity contribution >= 4 is 28.9 Å². The summed E-state index contributed by atoms with van der Waals surface area (Å²) in [4.78, 5) is 0. The highest BCUT2D eigenvalue weighted by atomic mass is 35.5. The summed E-state index contributed by atoms with van der Waals surface area (Å²) in [5.74, 6) is 0. The lowest BCUT2D eigenvalue weighted by Crippen LogP contribution is -2.38. The lowest BCUT2D eigenvalue weighted by molar-refractivity contribution is 0.766. The van der Waals surface area contributed by atoms with E-state index in [0.29, 0.717) is 5.03 Å². The van der Waals surface area contributed by atoms with Crippen molar-refractivity contribution in [1.29, 1.82) is 0 Å². The van der Waals surface area contributed by atoms with Gasteiger partial charge in [0, 0.05) is 12.1 Å². The van der Waals surface area contributed by atoms with Crippen molar-refractivity contribution in [3.8, 4) is 0 Å². The highest BCUT2D eigenvalue weighted by Crippen LogP contribution is 2.36. The van der Waals surface area contributed by atoms with Gasteiger partial charge in [-0.2, -0.15) is 0 Å². The van der Waals surface area contributed by atoms with Gasteiger partial charge in [-0.15, -0.1) is 11.6 Å². The first-order chi connectivity index (χ1) is 9.56. The third kappa shape index (κ3) is 2.93. The summed E-state index contributed by atoms with van der Waals surface area (Å²) in [6.07, 6.45) is 3.85. The van der Waals surface area contributed by atoms with Crippen LogP contribution in [0.5, 0.6) is 0 Å². The molecule has 0 radical (unpaired) electrons. The molecule has 1 aromatic rings. The van der Waals surface area contributed by atoms with Crippen LogP contribution in [0.15, 0.2) is 64.4 Å². The normalized spacial score (nSPS) is 18.4. The maximum absolute atomic E-state index is 6.63. The number of halogens is 2. The molecule has 0 saturated heterocycles. The number of allylic oxidation sites excluding steroid dienone is 5. The Morgan fingerprint density at radius 3 is 2.35 bits per heavy atom. The number of hydrogen-bond donors (Lipinski definition) is 1. The first kappa shape index (κ1) is 15.2. The zero-order valence-corrected chi connectivity index (χ0v) is 13.3. The molecular weight excluding hydrogens is 291 g/mol. The maximum atomic E-state index is 6.63. The average Bonchev–Trinajstić information content (AvgIpc) is 2.43. The lowest BCUT2D eigenvalue weighted by atomic mass is 9.99. The molecule has 0 aliphatic heterocycles. The SMILES string of the molecule is CNN(C1=CC=C(Cl)C(=C(C)C)C1Cl)c1ccccc1. The number of rotatable bonds is 3. The average molecular weight is 309 g/mol. The van der Waals surface area contributed by atoms with Gasteiger partial charge in [-0.1, -0.05) is 35.4 Å². The Labute approximate surface area is 130 Å². The van der Waals surface area contributed by atoms with E-state index in [9.17, 15) is 0 Å². The summed E-state index contributed by atoms with van der Waals surface area (Å²) >= 11 is 12.9. The van der Waals surface area contributed by atoms with Crippen LogP contribution >= 0.6 is 23.2 Å². The van der Waals surface area contributed by atoms with Crippen LogP contribution in [0.25, 0.3) is 0 Å². The molecule has 20 heavy (non-hydrogen) atoms. The quantitative estimate of drug-likeness (QED) is 0.649. The molecule has 1 aliphatic rings. The predicted octanol–water partition coefficient (Wildman–Crippen LogP) is 4.59. The second-order valence-electron chi connectivity index (χ2n) is 4.78. The maximum Gasteiger partial charge on any atom is 0.102 e. The number of alkyl halides is 1. The standard InChI is InChI=1S/C16H18Cl2N2/c1-11(2)15-13(17)9-10-14(16(15)18)20(19-3)12-7-5-4-6-8-12/h4-10,16,19H,1-3H3.